The van der Waals surface area contributed by atoms with E-state index in [4.69, 9.17) is 16.3 Å². The van der Waals surface area contributed by atoms with E-state index in [0.717, 1.165) is 16.7 Å². The zero-order chi connectivity index (χ0) is 23.3. The Morgan fingerprint density at radius 2 is 1.66 bits per heavy atom. The van der Waals surface area contributed by atoms with E-state index in [2.05, 4.69) is 5.32 Å². The summed E-state index contributed by atoms with van der Waals surface area (Å²) in [5.74, 6) is 0.132. The van der Waals surface area contributed by atoms with Crippen LogP contribution in [0.2, 0.25) is 5.02 Å². The number of ether oxygens (including phenoxy) is 1. The molecule has 1 N–H and O–H groups in total. The Morgan fingerprint density at radius 3 is 2.28 bits per heavy atom. The summed E-state index contributed by atoms with van der Waals surface area (Å²) in [4.78, 5) is 12.2. The summed E-state index contributed by atoms with van der Waals surface area (Å²) in [6, 6.07) is 19.6. The lowest BCUT2D eigenvalue weighted by Crippen LogP contribution is -2.29. The number of hydrogen-bond acceptors (Lipinski definition) is 4. The summed E-state index contributed by atoms with van der Waals surface area (Å²) < 4.78 is 31.6. The van der Waals surface area contributed by atoms with E-state index in [-0.39, 0.29) is 19.1 Å². The van der Waals surface area contributed by atoms with Gasteiger partial charge in [-0.25, -0.2) is 8.42 Å². The molecule has 0 bridgehead atoms. The summed E-state index contributed by atoms with van der Waals surface area (Å²) in [5.41, 5.74) is 3.91. The van der Waals surface area contributed by atoms with Crippen LogP contribution in [0.15, 0.2) is 66.7 Å². The topological polar surface area (TPSA) is 75.7 Å². The van der Waals surface area contributed by atoms with Crippen LogP contribution in [-0.4, -0.2) is 27.2 Å². The molecule has 0 aliphatic carbocycles. The van der Waals surface area contributed by atoms with E-state index in [0.29, 0.717) is 22.1 Å². The van der Waals surface area contributed by atoms with Crippen LogP contribution in [0.5, 0.6) is 5.75 Å². The number of sulfonamides is 1. The summed E-state index contributed by atoms with van der Waals surface area (Å²) in [5, 5.41) is 3.34. The molecule has 0 aliphatic heterocycles. The van der Waals surface area contributed by atoms with Crippen molar-refractivity contribution >= 4 is 38.9 Å². The number of hydrogen-bond donors (Lipinski definition) is 1. The standard InChI is InChI=1S/C24H25ClN2O4S/c1-17-7-9-19(10-8-17)15-27(32(3,29)30)20-11-13-21(14-12-20)31-16-24(28)26-23-6-4-5-22(25)18(23)2/h4-14H,15-16H2,1-3H3,(H,26,28). The van der Waals surface area contributed by atoms with Gasteiger partial charge in [0, 0.05) is 10.7 Å². The fourth-order valence-electron chi connectivity index (χ4n) is 3.05. The zero-order valence-electron chi connectivity index (χ0n) is 18.1. The number of anilines is 2. The van der Waals surface area contributed by atoms with Crippen molar-refractivity contribution in [3.05, 3.63) is 88.4 Å². The van der Waals surface area contributed by atoms with Crippen molar-refractivity contribution in [1.29, 1.82) is 0 Å². The minimum absolute atomic E-state index is 0.190. The molecule has 0 fully saturated rings. The third kappa shape index (κ3) is 6.24. The maximum Gasteiger partial charge on any atom is 0.262 e. The van der Waals surface area contributed by atoms with Gasteiger partial charge in [-0.2, -0.15) is 0 Å². The summed E-state index contributed by atoms with van der Waals surface area (Å²) in [6.07, 6.45) is 1.17. The second-order valence-electron chi connectivity index (χ2n) is 7.50. The number of amides is 1. The second kappa shape index (κ2) is 10.1. The molecule has 6 nitrogen and oxygen atoms in total. The van der Waals surface area contributed by atoms with Crippen LogP contribution in [-0.2, 0) is 21.4 Å². The monoisotopic (exact) mass is 472 g/mol. The SMILES string of the molecule is Cc1ccc(CN(c2ccc(OCC(=O)Nc3cccc(Cl)c3C)cc2)S(C)(=O)=O)cc1. The first-order valence-electron chi connectivity index (χ1n) is 9.94. The first-order valence-corrected chi connectivity index (χ1v) is 12.2. The van der Waals surface area contributed by atoms with E-state index in [9.17, 15) is 13.2 Å². The highest BCUT2D eigenvalue weighted by Crippen LogP contribution is 2.25. The Morgan fingerprint density at radius 1 is 1.00 bits per heavy atom. The van der Waals surface area contributed by atoms with Gasteiger partial charge in [0.1, 0.15) is 5.75 Å². The highest BCUT2D eigenvalue weighted by molar-refractivity contribution is 7.92. The number of halogens is 1. The molecule has 3 rings (SSSR count). The lowest BCUT2D eigenvalue weighted by Gasteiger charge is -2.23. The summed E-state index contributed by atoms with van der Waals surface area (Å²) >= 11 is 6.07. The average molecular weight is 473 g/mol. The largest absolute Gasteiger partial charge is 0.484 e. The van der Waals surface area contributed by atoms with Crippen LogP contribution >= 0.6 is 11.6 Å². The number of benzene rings is 3. The van der Waals surface area contributed by atoms with Crippen molar-refractivity contribution in [3.8, 4) is 5.75 Å². The Bertz CT molecular complexity index is 1190. The second-order valence-corrected chi connectivity index (χ2v) is 9.81. The van der Waals surface area contributed by atoms with Crippen molar-refractivity contribution in [3.63, 3.8) is 0 Å². The molecule has 0 heterocycles. The average Bonchev–Trinajstić information content (AvgIpc) is 2.75. The van der Waals surface area contributed by atoms with E-state index in [1.54, 1.807) is 42.5 Å². The normalized spacial score (nSPS) is 11.1. The van der Waals surface area contributed by atoms with Crippen molar-refractivity contribution in [1.82, 2.24) is 0 Å². The van der Waals surface area contributed by atoms with Gasteiger partial charge in [-0.15, -0.1) is 0 Å². The van der Waals surface area contributed by atoms with E-state index < -0.39 is 10.0 Å². The fraction of sp³-hybridized carbons (Fsp3) is 0.208. The molecule has 0 aromatic heterocycles. The molecule has 3 aromatic rings. The lowest BCUT2D eigenvalue weighted by atomic mass is 10.1. The number of rotatable bonds is 8. The number of carbonyl (C=O) groups is 1. The number of nitrogens with one attached hydrogen (secondary N) is 1. The predicted octanol–water partition coefficient (Wildman–Crippen LogP) is 4.94. The molecule has 3 aromatic carbocycles. The van der Waals surface area contributed by atoms with Crippen LogP contribution in [0, 0.1) is 13.8 Å². The van der Waals surface area contributed by atoms with E-state index in [1.165, 1.54) is 10.6 Å². The van der Waals surface area contributed by atoms with E-state index in [1.807, 2.05) is 38.1 Å². The van der Waals surface area contributed by atoms with Crippen LogP contribution in [0.4, 0.5) is 11.4 Å². The molecule has 32 heavy (non-hydrogen) atoms. The van der Waals surface area contributed by atoms with Gasteiger partial charge in [0.2, 0.25) is 10.0 Å². The van der Waals surface area contributed by atoms with Crippen LogP contribution in [0.3, 0.4) is 0 Å². The third-order valence-electron chi connectivity index (χ3n) is 4.88. The zero-order valence-corrected chi connectivity index (χ0v) is 19.7. The molecule has 0 radical (unpaired) electrons. The molecular weight excluding hydrogens is 448 g/mol. The Hall–Kier alpha value is -3.03. The van der Waals surface area contributed by atoms with Crippen molar-refractivity contribution in [2.24, 2.45) is 0 Å². The number of aryl methyl sites for hydroxylation is 1. The Labute approximate surface area is 193 Å². The quantitative estimate of drug-likeness (QED) is 0.503. The fourth-order valence-corrected chi connectivity index (χ4v) is 4.11. The van der Waals surface area contributed by atoms with Crippen molar-refractivity contribution in [2.45, 2.75) is 20.4 Å². The van der Waals surface area contributed by atoms with Crippen molar-refractivity contribution < 1.29 is 17.9 Å². The molecule has 0 atom stereocenters. The molecule has 0 saturated carbocycles. The summed E-state index contributed by atoms with van der Waals surface area (Å²) in [7, 11) is -3.49. The Kier molecular flexibility index (Phi) is 7.43. The highest BCUT2D eigenvalue weighted by Gasteiger charge is 2.18. The van der Waals surface area contributed by atoms with Gasteiger partial charge in [-0.05, 0) is 61.4 Å². The van der Waals surface area contributed by atoms with Gasteiger partial charge >= 0.3 is 0 Å². The number of carbonyl (C=O) groups excluding carboxylic acids is 1. The van der Waals surface area contributed by atoms with Gasteiger partial charge in [0.25, 0.3) is 5.91 Å². The highest BCUT2D eigenvalue weighted by atomic mass is 35.5. The first-order chi connectivity index (χ1) is 15.1. The van der Waals surface area contributed by atoms with Gasteiger partial charge in [0.05, 0.1) is 18.5 Å². The predicted molar refractivity (Wildman–Crippen MR) is 129 cm³/mol. The minimum Gasteiger partial charge on any atom is -0.484 e. The summed E-state index contributed by atoms with van der Waals surface area (Å²) in [6.45, 7) is 3.83. The third-order valence-corrected chi connectivity index (χ3v) is 6.43. The van der Waals surface area contributed by atoms with Crippen LogP contribution in [0.25, 0.3) is 0 Å². The molecule has 0 saturated heterocycles. The molecule has 1 amide bonds. The molecule has 8 heteroatoms. The van der Waals surface area contributed by atoms with Crippen molar-refractivity contribution in [2.75, 3.05) is 22.5 Å². The lowest BCUT2D eigenvalue weighted by molar-refractivity contribution is -0.118. The van der Waals surface area contributed by atoms with Crippen LogP contribution in [0.1, 0.15) is 16.7 Å². The smallest absolute Gasteiger partial charge is 0.262 e. The molecular formula is C24H25ClN2O4S. The molecule has 0 aliphatic rings. The minimum atomic E-state index is -3.49. The molecule has 168 valence electrons. The molecule has 0 spiro atoms. The van der Waals surface area contributed by atoms with Crippen LogP contribution < -0.4 is 14.4 Å². The maximum absolute atomic E-state index is 12.4. The van der Waals surface area contributed by atoms with Gasteiger partial charge in [-0.1, -0.05) is 47.5 Å². The number of nitrogens with zero attached hydrogens (tertiary/aromatic N) is 1. The van der Waals surface area contributed by atoms with E-state index >= 15 is 0 Å². The molecule has 0 unspecified atom stereocenters. The maximum atomic E-state index is 12.4. The van der Waals surface area contributed by atoms with Gasteiger partial charge < -0.3 is 10.1 Å². The van der Waals surface area contributed by atoms with Gasteiger partial charge in [-0.3, -0.25) is 9.10 Å². The first kappa shape index (κ1) is 23.6. The van der Waals surface area contributed by atoms with Gasteiger partial charge in [0.15, 0.2) is 6.61 Å². The Balaban J connectivity index is 1.65.